The Morgan fingerprint density at radius 1 is 0.950 bits per heavy atom. The largest absolute Gasteiger partial charge is 0.454 e. The second-order valence-corrected chi connectivity index (χ2v) is 8.30. The van der Waals surface area contributed by atoms with E-state index in [1.807, 2.05) is 6.07 Å². The Kier molecular flexibility index (Phi) is 2.34. The first kappa shape index (κ1) is 11.9. The molecule has 3 heteroatoms. The molecular weight excluding hydrogens is 316 g/mol. The molecule has 106 valence electrons. The Hall–Kier alpha value is -0.700. The summed E-state index contributed by atoms with van der Waals surface area (Å²) in [5, 5.41) is 0. The fraction of sp³-hybridized carbons (Fsp3) is 0.647. The molecule has 0 unspecified atom stereocenters. The first-order chi connectivity index (χ1) is 9.72. The minimum absolute atomic E-state index is 0.371. The summed E-state index contributed by atoms with van der Waals surface area (Å²) in [7, 11) is 0. The molecule has 0 aromatic heterocycles. The molecule has 0 spiro atoms. The molecule has 6 rings (SSSR count). The first-order valence-corrected chi connectivity index (χ1v) is 8.61. The van der Waals surface area contributed by atoms with Gasteiger partial charge in [-0.25, -0.2) is 0 Å². The molecule has 0 amide bonds. The zero-order valence-electron chi connectivity index (χ0n) is 11.5. The van der Waals surface area contributed by atoms with Crippen LogP contribution >= 0.6 is 15.9 Å². The summed E-state index contributed by atoms with van der Waals surface area (Å²) >= 11 is 3.66. The minimum atomic E-state index is 0.371. The maximum atomic E-state index is 5.83. The molecule has 4 bridgehead atoms. The molecule has 1 heterocycles. The predicted molar refractivity (Wildman–Crippen MR) is 80.1 cm³/mol. The van der Waals surface area contributed by atoms with Crippen LogP contribution in [0.15, 0.2) is 16.6 Å². The molecule has 0 atom stereocenters. The number of fused-ring (bicyclic) bond motifs is 1. The Morgan fingerprint density at radius 3 is 2.25 bits per heavy atom. The van der Waals surface area contributed by atoms with Gasteiger partial charge in [-0.1, -0.05) is 15.9 Å². The van der Waals surface area contributed by atoms with Gasteiger partial charge in [0.25, 0.3) is 0 Å². The zero-order valence-corrected chi connectivity index (χ0v) is 13.1. The summed E-state index contributed by atoms with van der Waals surface area (Å²) in [4.78, 5) is 0. The van der Waals surface area contributed by atoms with E-state index in [9.17, 15) is 0 Å². The first-order valence-electron chi connectivity index (χ1n) is 7.81. The van der Waals surface area contributed by atoms with Gasteiger partial charge in [-0.3, -0.25) is 0 Å². The lowest BCUT2D eigenvalue weighted by Gasteiger charge is -2.57. The van der Waals surface area contributed by atoms with E-state index in [0.29, 0.717) is 12.2 Å². The molecule has 1 aliphatic heterocycles. The van der Waals surface area contributed by atoms with Crippen molar-refractivity contribution >= 4 is 15.9 Å². The van der Waals surface area contributed by atoms with Gasteiger partial charge in [0.05, 0.1) is 0 Å². The smallest absolute Gasteiger partial charge is 0.231 e. The molecule has 20 heavy (non-hydrogen) atoms. The van der Waals surface area contributed by atoms with Crippen molar-refractivity contribution in [3.05, 3.63) is 22.2 Å². The van der Waals surface area contributed by atoms with Gasteiger partial charge in [0.1, 0.15) is 0 Å². The van der Waals surface area contributed by atoms with Crippen LogP contribution < -0.4 is 9.47 Å². The highest BCUT2D eigenvalue weighted by Crippen LogP contribution is 2.63. The van der Waals surface area contributed by atoms with Crippen LogP contribution in [-0.4, -0.2) is 6.79 Å². The van der Waals surface area contributed by atoms with Gasteiger partial charge in [-0.05, 0) is 73.8 Å². The number of benzene rings is 1. The van der Waals surface area contributed by atoms with E-state index in [-0.39, 0.29) is 0 Å². The van der Waals surface area contributed by atoms with Crippen molar-refractivity contribution in [2.75, 3.05) is 6.79 Å². The molecule has 0 saturated heterocycles. The van der Waals surface area contributed by atoms with Crippen LogP contribution in [0.1, 0.15) is 44.1 Å². The summed E-state index contributed by atoms with van der Waals surface area (Å²) in [6, 6.07) is 4.35. The van der Waals surface area contributed by atoms with Crippen molar-refractivity contribution in [1.82, 2.24) is 0 Å². The average molecular weight is 335 g/mol. The second-order valence-electron chi connectivity index (χ2n) is 7.39. The summed E-state index contributed by atoms with van der Waals surface area (Å²) < 4.78 is 12.6. The standard InChI is InChI=1S/C17H19BrO2/c18-13-4-14(16-15(5-13)19-9-20-16)17-6-10-1-11(7-17)3-12(2-10)8-17/h4-5,10-12H,1-3,6-9H2. The van der Waals surface area contributed by atoms with Gasteiger partial charge in [-0.2, -0.15) is 0 Å². The number of rotatable bonds is 1. The van der Waals surface area contributed by atoms with Gasteiger partial charge >= 0.3 is 0 Å². The predicted octanol–water partition coefficient (Wildman–Crippen LogP) is 4.65. The van der Waals surface area contributed by atoms with Crippen LogP contribution in [0.25, 0.3) is 0 Å². The molecule has 5 aliphatic rings. The van der Waals surface area contributed by atoms with Crippen molar-refractivity contribution in [2.24, 2.45) is 17.8 Å². The molecule has 1 aromatic rings. The highest BCUT2D eigenvalue weighted by molar-refractivity contribution is 9.10. The third-order valence-corrected chi connectivity index (χ3v) is 6.50. The second kappa shape index (κ2) is 3.94. The quantitative estimate of drug-likeness (QED) is 0.744. The van der Waals surface area contributed by atoms with Crippen LogP contribution in [-0.2, 0) is 5.41 Å². The van der Waals surface area contributed by atoms with Gasteiger partial charge < -0.3 is 9.47 Å². The maximum absolute atomic E-state index is 5.83. The summed E-state index contributed by atoms with van der Waals surface area (Å²) in [5.74, 6) is 4.84. The van der Waals surface area contributed by atoms with E-state index in [1.165, 1.54) is 44.1 Å². The molecule has 4 saturated carbocycles. The Bertz CT molecular complexity index is 545. The van der Waals surface area contributed by atoms with Crippen molar-refractivity contribution < 1.29 is 9.47 Å². The molecule has 0 radical (unpaired) electrons. The lowest BCUT2D eigenvalue weighted by atomic mass is 9.48. The Morgan fingerprint density at radius 2 is 1.60 bits per heavy atom. The molecule has 4 aliphatic carbocycles. The summed E-state index contributed by atoms with van der Waals surface area (Å²) in [6.07, 6.45) is 8.54. The number of ether oxygens (including phenoxy) is 2. The fourth-order valence-electron chi connectivity index (χ4n) is 5.81. The molecule has 2 nitrogen and oxygen atoms in total. The SMILES string of the molecule is Brc1cc2c(c(C34CC5CC(CC(C5)C3)C4)c1)OCO2. The lowest BCUT2D eigenvalue weighted by molar-refractivity contribution is -0.00630. The number of halogens is 1. The third kappa shape index (κ3) is 1.56. The zero-order chi connectivity index (χ0) is 13.3. The molecular formula is C17H19BrO2. The summed E-state index contributed by atoms with van der Waals surface area (Å²) in [5.41, 5.74) is 1.80. The fourth-order valence-corrected chi connectivity index (χ4v) is 6.25. The van der Waals surface area contributed by atoms with E-state index >= 15 is 0 Å². The third-order valence-electron chi connectivity index (χ3n) is 6.05. The number of hydrogen-bond acceptors (Lipinski definition) is 2. The van der Waals surface area contributed by atoms with Gasteiger partial charge in [0.15, 0.2) is 11.5 Å². The highest BCUT2D eigenvalue weighted by Gasteiger charge is 2.53. The van der Waals surface area contributed by atoms with Crippen LogP contribution in [0.2, 0.25) is 0 Å². The van der Waals surface area contributed by atoms with Crippen molar-refractivity contribution in [3.63, 3.8) is 0 Å². The van der Waals surface area contributed by atoms with Crippen LogP contribution in [0.3, 0.4) is 0 Å². The van der Waals surface area contributed by atoms with Gasteiger partial charge in [-0.15, -0.1) is 0 Å². The van der Waals surface area contributed by atoms with Crippen molar-refractivity contribution in [3.8, 4) is 11.5 Å². The Labute approximate surface area is 128 Å². The average Bonchev–Trinajstić information content (AvgIpc) is 2.83. The van der Waals surface area contributed by atoms with E-state index in [4.69, 9.17) is 9.47 Å². The van der Waals surface area contributed by atoms with Gasteiger partial charge in [0, 0.05) is 10.0 Å². The van der Waals surface area contributed by atoms with E-state index < -0.39 is 0 Å². The van der Waals surface area contributed by atoms with Crippen molar-refractivity contribution in [2.45, 2.75) is 43.9 Å². The number of hydrogen-bond donors (Lipinski definition) is 0. The van der Waals surface area contributed by atoms with Gasteiger partial charge in [0.2, 0.25) is 6.79 Å². The highest BCUT2D eigenvalue weighted by atomic mass is 79.9. The van der Waals surface area contributed by atoms with Crippen LogP contribution in [0, 0.1) is 17.8 Å². The Balaban J connectivity index is 1.66. The van der Waals surface area contributed by atoms with E-state index in [0.717, 1.165) is 33.7 Å². The topological polar surface area (TPSA) is 18.5 Å². The molecule has 0 N–H and O–H groups in total. The normalized spacial score (nSPS) is 40.4. The maximum Gasteiger partial charge on any atom is 0.231 e. The molecule has 4 fully saturated rings. The molecule has 1 aromatic carbocycles. The van der Waals surface area contributed by atoms with Crippen LogP contribution in [0.4, 0.5) is 0 Å². The van der Waals surface area contributed by atoms with Crippen molar-refractivity contribution in [1.29, 1.82) is 0 Å². The van der Waals surface area contributed by atoms with E-state index in [1.54, 1.807) is 0 Å². The van der Waals surface area contributed by atoms with E-state index in [2.05, 4.69) is 22.0 Å². The van der Waals surface area contributed by atoms with Crippen LogP contribution in [0.5, 0.6) is 11.5 Å². The monoisotopic (exact) mass is 334 g/mol. The lowest BCUT2D eigenvalue weighted by Crippen LogP contribution is -2.48. The summed E-state index contributed by atoms with van der Waals surface area (Å²) in [6.45, 7) is 0.380. The minimum Gasteiger partial charge on any atom is -0.454 e.